The molecule has 10 heteroatoms. The number of hydrogen-bond donors (Lipinski definition) is 6. The van der Waals surface area contributed by atoms with Crippen molar-refractivity contribution < 1.29 is 20.0 Å². The van der Waals surface area contributed by atoms with Gasteiger partial charge in [-0.15, -0.1) is 0 Å². The number of carbonyl (C=O) groups excluding carboxylic acids is 2. The molecule has 0 saturated heterocycles. The van der Waals surface area contributed by atoms with Crippen LogP contribution in [0.1, 0.15) is 23.2 Å². The van der Waals surface area contributed by atoms with Crippen molar-refractivity contribution in [1.29, 1.82) is 0 Å². The predicted octanol–water partition coefficient (Wildman–Crippen LogP) is -0.119. The lowest BCUT2D eigenvalue weighted by Crippen LogP contribution is -2.99. The SMILES string of the molecule is NC(N)=NCCCC(NC(=O)c1ccccc1)C(=O)Nc1ccc([NH+]([O-])O)cc1. The van der Waals surface area contributed by atoms with Crippen molar-refractivity contribution in [3.05, 3.63) is 65.4 Å². The average Bonchev–Trinajstić information content (AvgIpc) is 2.71. The van der Waals surface area contributed by atoms with E-state index in [0.29, 0.717) is 30.6 Å². The van der Waals surface area contributed by atoms with Crippen LogP contribution in [0.25, 0.3) is 0 Å². The van der Waals surface area contributed by atoms with Crippen LogP contribution in [0.2, 0.25) is 0 Å². The summed E-state index contributed by atoms with van der Waals surface area (Å²) >= 11 is 0. The second-order valence-corrected chi connectivity index (χ2v) is 6.21. The van der Waals surface area contributed by atoms with Gasteiger partial charge < -0.3 is 27.3 Å². The third-order valence-electron chi connectivity index (χ3n) is 4.00. The number of nitrogens with zero attached hydrogens (tertiary/aromatic N) is 1. The van der Waals surface area contributed by atoms with Crippen molar-refractivity contribution in [3.63, 3.8) is 0 Å². The number of carbonyl (C=O) groups is 2. The summed E-state index contributed by atoms with van der Waals surface area (Å²) in [5, 5.41) is 24.2. The van der Waals surface area contributed by atoms with Crippen molar-refractivity contribution in [2.45, 2.75) is 18.9 Å². The van der Waals surface area contributed by atoms with Crippen LogP contribution >= 0.6 is 0 Å². The molecule has 2 aromatic rings. The maximum Gasteiger partial charge on any atom is 0.251 e. The summed E-state index contributed by atoms with van der Waals surface area (Å²) in [6.07, 6.45) is 0.789. The van der Waals surface area contributed by atoms with Crippen LogP contribution in [0.3, 0.4) is 0 Å². The van der Waals surface area contributed by atoms with Crippen molar-refractivity contribution in [2.75, 3.05) is 11.9 Å². The van der Waals surface area contributed by atoms with Crippen molar-refractivity contribution in [2.24, 2.45) is 16.5 Å². The van der Waals surface area contributed by atoms with Gasteiger partial charge in [0.1, 0.15) is 6.04 Å². The summed E-state index contributed by atoms with van der Waals surface area (Å²) in [6, 6.07) is 13.5. The van der Waals surface area contributed by atoms with Gasteiger partial charge in [0, 0.05) is 29.9 Å². The van der Waals surface area contributed by atoms with Gasteiger partial charge in [-0.05, 0) is 37.1 Å². The van der Waals surface area contributed by atoms with Crippen molar-refractivity contribution in [3.8, 4) is 0 Å². The van der Waals surface area contributed by atoms with Crippen molar-refractivity contribution in [1.82, 2.24) is 5.32 Å². The monoisotopic (exact) mass is 400 g/mol. The summed E-state index contributed by atoms with van der Waals surface area (Å²) in [5.41, 5.74) is 11.6. The van der Waals surface area contributed by atoms with E-state index in [1.165, 1.54) is 24.3 Å². The number of amides is 2. The van der Waals surface area contributed by atoms with E-state index in [-0.39, 0.29) is 17.6 Å². The molecule has 2 aromatic carbocycles. The molecule has 2 rings (SSSR count). The fourth-order valence-electron chi connectivity index (χ4n) is 2.53. The molecule has 8 N–H and O–H groups in total. The zero-order valence-electron chi connectivity index (χ0n) is 15.7. The molecule has 0 fully saturated rings. The molecule has 0 bridgehead atoms. The van der Waals surface area contributed by atoms with Crippen LogP contribution in [-0.2, 0) is 4.79 Å². The van der Waals surface area contributed by atoms with Crippen LogP contribution in [0.4, 0.5) is 11.4 Å². The third kappa shape index (κ3) is 7.22. The number of rotatable bonds is 9. The Morgan fingerprint density at radius 3 is 2.34 bits per heavy atom. The summed E-state index contributed by atoms with van der Waals surface area (Å²) in [5.74, 6) is -0.853. The lowest BCUT2D eigenvalue weighted by molar-refractivity contribution is -0.991. The predicted molar refractivity (Wildman–Crippen MR) is 108 cm³/mol. The zero-order valence-corrected chi connectivity index (χ0v) is 15.7. The normalized spacial score (nSPS) is 12.5. The van der Waals surface area contributed by atoms with E-state index in [9.17, 15) is 14.8 Å². The number of nitrogens with two attached hydrogens (primary N) is 2. The smallest absolute Gasteiger partial charge is 0.251 e. The van der Waals surface area contributed by atoms with Crippen molar-refractivity contribution >= 4 is 29.1 Å². The first-order valence-electron chi connectivity index (χ1n) is 8.92. The molecule has 0 aliphatic rings. The Morgan fingerprint density at radius 1 is 1.10 bits per heavy atom. The van der Waals surface area contributed by atoms with Gasteiger partial charge in [0.05, 0.1) is 0 Å². The largest absolute Gasteiger partial charge is 0.595 e. The van der Waals surface area contributed by atoms with E-state index in [2.05, 4.69) is 15.6 Å². The molecule has 0 spiro atoms. The van der Waals surface area contributed by atoms with Gasteiger partial charge in [-0.1, -0.05) is 18.2 Å². The van der Waals surface area contributed by atoms with Crippen LogP contribution < -0.4 is 27.3 Å². The Hall–Kier alpha value is -3.47. The number of anilines is 1. The number of benzene rings is 2. The first-order valence-corrected chi connectivity index (χ1v) is 8.92. The highest BCUT2D eigenvalue weighted by molar-refractivity contribution is 6.01. The fourth-order valence-corrected chi connectivity index (χ4v) is 2.53. The van der Waals surface area contributed by atoms with E-state index < -0.39 is 17.2 Å². The van der Waals surface area contributed by atoms with E-state index in [1.54, 1.807) is 30.3 Å². The summed E-state index contributed by atoms with van der Waals surface area (Å²) < 4.78 is 0. The molecule has 0 heterocycles. The average molecular weight is 400 g/mol. The van der Waals surface area contributed by atoms with E-state index in [0.717, 1.165) is 0 Å². The lowest BCUT2D eigenvalue weighted by Gasteiger charge is -2.19. The summed E-state index contributed by atoms with van der Waals surface area (Å²) in [7, 11) is 0. The van der Waals surface area contributed by atoms with Gasteiger partial charge in [0.2, 0.25) is 5.91 Å². The van der Waals surface area contributed by atoms with E-state index >= 15 is 0 Å². The molecule has 0 radical (unpaired) electrons. The van der Waals surface area contributed by atoms with Gasteiger partial charge in [-0.3, -0.25) is 14.6 Å². The maximum atomic E-state index is 12.7. The number of quaternary nitrogens is 1. The second-order valence-electron chi connectivity index (χ2n) is 6.21. The Balaban J connectivity index is 2.06. The molecule has 2 unspecified atom stereocenters. The zero-order chi connectivity index (χ0) is 21.2. The second kappa shape index (κ2) is 10.8. The molecule has 2 amide bonds. The first-order chi connectivity index (χ1) is 13.9. The molecule has 0 aliphatic heterocycles. The Bertz CT molecular complexity index is 836. The van der Waals surface area contributed by atoms with Gasteiger partial charge >= 0.3 is 0 Å². The third-order valence-corrected chi connectivity index (χ3v) is 4.00. The minimum atomic E-state index is -1.06. The van der Waals surface area contributed by atoms with Gasteiger partial charge in [0.15, 0.2) is 11.6 Å². The topological polar surface area (TPSA) is 170 Å². The number of nitrogens with one attached hydrogen (secondary N) is 3. The standard InChI is InChI=1S/C19H24N6O4/c20-19(21)22-12-4-7-16(24-17(26)13-5-2-1-3-6-13)18(27)23-14-8-10-15(11-9-14)25(28)29/h1-3,5-6,8-11,16,25,28H,4,7,12H2,(H,23,27)(H,24,26)(H4,20,21,22). The molecule has 0 aliphatic carbocycles. The van der Waals surface area contributed by atoms with Crippen LogP contribution in [0.5, 0.6) is 0 Å². The van der Waals surface area contributed by atoms with Gasteiger partial charge in [-0.2, -0.15) is 5.23 Å². The van der Waals surface area contributed by atoms with Crippen LogP contribution in [0, 0.1) is 5.21 Å². The summed E-state index contributed by atoms with van der Waals surface area (Å²) in [4.78, 5) is 29.0. The van der Waals surface area contributed by atoms with Gasteiger partial charge in [-0.25, -0.2) is 5.21 Å². The highest BCUT2D eigenvalue weighted by Gasteiger charge is 2.21. The van der Waals surface area contributed by atoms with E-state index in [4.69, 9.17) is 16.7 Å². The lowest BCUT2D eigenvalue weighted by atomic mass is 10.1. The Morgan fingerprint density at radius 2 is 1.76 bits per heavy atom. The minimum Gasteiger partial charge on any atom is -0.595 e. The maximum absolute atomic E-state index is 12.7. The molecule has 2 atom stereocenters. The molecule has 0 saturated carbocycles. The molecular weight excluding hydrogens is 376 g/mol. The molecule has 10 nitrogen and oxygen atoms in total. The minimum absolute atomic E-state index is 0.0437. The Kier molecular flexibility index (Phi) is 8.10. The van der Waals surface area contributed by atoms with Crippen LogP contribution in [0.15, 0.2) is 59.6 Å². The summed E-state index contributed by atoms with van der Waals surface area (Å²) in [6.45, 7) is 0.320. The number of guanidine groups is 1. The number of hydrogen-bond acceptors (Lipinski definition) is 5. The first kappa shape index (κ1) is 21.8. The van der Waals surface area contributed by atoms with Gasteiger partial charge in [0.25, 0.3) is 5.91 Å². The highest BCUT2D eigenvalue weighted by atomic mass is 16.8. The quantitative estimate of drug-likeness (QED) is 0.148. The molecular formula is C19H24N6O4. The fraction of sp³-hybridized carbons (Fsp3) is 0.211. The molecule has 29 heavy (non-hydrogen) atoms. The Labute approximate surface area is 167 Å². The number of aliphatic imine (C=N–C) groups is 1. The van der Waals surface area contributed by atoms with E-state index in [1.807, 2.05) is 0 Å². The highest BCUT2D eigenvalue weighted by Crippen LogP contribution is 2.12. The molecule has 0 aromatic heterocycles. The van der Waals surface area contributed by atoms with Crippen LogP contribution in [-0.4, -0.2) is 35.6 Å². The molecule has 154 valence electrons.